The number of hydrogen-bond acceptors (Lipinski definition) is 4. The molecule has 0 radical (unpaired) electrons. The molecule has 5 nitrogen and oxygen atoms in total. The Kier molecular flexibility index (Phi) is 3.17. The van der Waals surface area contributed by atoms with E-state index in [4.69, 9.17) is 11.6 Å². The molecule has 0 aliphatic rings. The van der Waals surface area contributed by atoms with Crippen molar-refractivity contribution in [3.05, 3.63) is 40.9 Å². The van der Waals surface area contributed by atoms with Gasteiger partial charge >= 0.3 is 0 Å². The topological polar surface area (TPSA) is 63.8 Å². The SMILES string of the molecule is CCn1ncc(Cl)c1C(O)c1ccnnc1. The fraction of sp³-hybridized carbons (Fsp3) is 0.300. The molecule has 0 aliphatic heterocycles. The van der Waals surface area contributed by atoms with E-state index in [1.807, 2.05) is 6.92 Å². The number of nitrogens with zero attached hydrogens (tertiary/aromatic N) is 4. The van der Waals surface area contributed by atoms with Crippen molar-refractivity contribution in [2.75, 3.05) is 0 Å². The van der Waals surface area contributed by atoms with Crippen molar-refractivity contribution in [1.29, 1.82) is 0 Å². The van der Waals surface area contributed by atoms with Gasteiger partial charge in [-0.25, -0.2) is 0 Å². The molecule has 0 amide bonds. The van der Waals surface area contributed by atoms with Crippen LogP contribution in [0.25, 0.3) is 0 Å². The number of aliphatic hydroxyl groups excluding tert-OH is 1. The molecule has 0 fully saturated rings. The molecule has 2 aromatic heterocycles. The van der Waals surface area contributed by atoms with Crippen molar-refractivity contribution >= 4 is 11.6 Å². The summed E-state index contributed by atoms with van der Waals surface area (Å²) in [5, 5.41) is 22.1. The van der Waals surface area contributed by atoms with E-state index in [0.29, 0.717) is 22.8 Å². The van der Waals surface area contributed by atoms with Gasteiger partial charge in [-0.1, -0.05) is 11.6 Å². The minimum atomic E-state index is -0.828. The summed E-state index contributed by atoms with van der Waals surface area (Å²) >= 11 is 5.99. The van der Waals surface area contributed by atoms with Crippen molar-refractivity contribution in [3.63, 3.8) is 0 Å². The van der Waals surface area contributed by atoms with Gasteiger partial charge < -0.3 is 5.11 Å². The van der Waals surface area contributed by atoms with Crippen LogP contribution in [0.4, 0.5) is 0 Å². The lowest BCUT2D eigenvalue weighted by Crippen LogP contribution is -2.09. The van der Waals surface area contributed by atoms with Crippen LogP contribution in [0.1, 0.15) is 24.3 Å². The summed E-state index contributed by atoms with van der Waals surface area (Å²) in [6.07, 6.45) is 3.73. The molecule has 0 spiro atoms. The number of aliphatic hydroxyl groups is 1. The molecule has 1 atom stereocenters. The van der Waals surface area contributed by atoms with E-state index in [2.05, 4.69) is 15.3 Å². The molecule has 1 N–H and O–H groups in total. The van der Waals surface area contributed by atoms with Crippen LogP contribution >= 0.6 is 11.6 Å². The lowest BCUT2D eigenvalue weighted by molar-refractivity contribution is 0.207. The summed E-state index contributed by atoms with van der Waals surface area (Å²) < 4.78 is 1.66. The number of aromatic nitrogens is 4. The quantitative estimate of drug-likeness (QED) is 0.879. The zero-order chi connectivity index (χ0) is 11.5. The third-order valence-electron chi connectivity index (χ3n) is 2.31. The van der Waals surface area contributed by atoms with Crippen molar-refractivity contribution < 1.29 is 5.11 Å². The van der Waals surface area contributed by atoms with Gasteiger partial charge in [0.2, 0.25) is 0 Å². The van der Waals surface area contributed by atoms with E-state index in [0.717, 1.165) is 0 Å². The zero-order valence-electron chi connectivity index (χ0n) is 8.71. The van der Waals surface area contributed by atoms with E-state index in [-0.39, 0.29) is 0 Å². The Bertz CT molecular complexity index is 471. The van der Waals surface area contributed by atoms with E-state index < -0.39 is 6.10 Å². The first kappa shape index (κ1) is 11.0. The summed E-state index contributed by atoms with van der Waals surface area (Å²) in [6.45, 7) is 2.59. The predicted octanol–water partition coefficient (Wildman–Crippen LogP) is 1.43. The Morgan fingerprint density at radius 3 is 2.88 bits per heavy atom. The normalized spacial score (nSPS) is 12.7. The molecule has 0 bridgehead atoms. The lowest BCUT2D eigenvalue weighted by atomic mass is 10.1. The Hall–Kier alpha value is -1.46. The first-order valence-corrected chi connectivity index (χ1v) is 5.27. The molecular weight excluding hydrogens is 228 g/mol. The van der Waals surface area contributed by atoms with Gasteiger partial charge in [0.1, 0.15) is 6.10 Å². The van der Waals surface area contributed by atoms with Gasteiger partial charge in [0.25, 0.3) is 0 Å². The molecule has 2 heterocycles. The Labute approximate surface area is 97.7 Å². The highest BCUT2D eigenvalue weighted by Gasteiger charge is 2.19. The fourth-order valence-corrected chi connectivity index (χ4v) is 1.76. The second-order valence-electron chi connectivity index (χ2n) is 3.27. The highest BCUT2D eigenvalue weighted by Crippen LogP contribution is 2.27. The van der Waals surface area contributed by atoms with Gasteiger partial charge in [0.15, 0.2) is 0 Å². The molecule has 84 valence electrons. The summed E-state index contributed by atoms with van der Waals surface area (Å²) in [6, 6.07) is 1.70. The zero-order valence-corrected chi connectivity index (χ0v) is 9.46. The molecule has 1 unspecified atom stereocenters. The van der Waals surface area contributed by atoms with Gasteiger partial charge in [0.05, 0.1) is 23.1 Å². The molecule has 16 heavy (non-hydrogen) atoms. The molecule has 2 aromatic rings. The van der Waals surface area contributed by atoms with Crippen LogP contribution in [0.15, 0.2) is 24.7 Å². The standard InChI is InChI=1S/C10H11ClN4O/c1-2-15-9(8(11)6-14-15)10(16)7-3-4-12-13-5-7/h3-6,10,16H,2H2,1H3. The first-order chi connectivity index (χ1) is 7.74. The van der Waals surface area contributed by atoms with Gasteiger partial charge in [-0.05, 0) is 13.0 Å². The maximum absolute atomic E-state index is 10.2. The third kappa shape index (κ3) is 1.91. The third-order valence-corrected chi connectivity index (χ3v) is 2.61. The Morgan fingerprint density at radius 1 is 1.44 bits per heavy atom. The van der Waals surface area contributed by atoms with Crippen molar-refractivity contribution in [1.82, 2.24) is 20.0 Å². The molecular formula is C10H11ClN4O. The average molecular weight is 239 g/mol. The summed E-state index contributed by atoms with van der Waals surface area (Å²) in [4.78, 5) is 0. The minimum absolute atomic E-state index is 0.450. The molecule has 0 aliphatic carbocycles. The van der Waals surface area contributed by atoms with E-state index in [9.17, 15) is 5.11 Å². The maximum atomic E-state index is 10.2. The first-order valence-electron chi connectivity index (χ1n) is 4.90. The predicted molar refractivity (Wildman–Crippen MR) is 59.0 cm³/mol. The monoisotopic (exact) mass is 238 g/mol. The Balaban J connectivity index is 2.41. The van der Waals surface area contributed by atoms with Gasteiger partial charge in [-0.15, -0.1) is 0 Å². The molecule has 0 saturated heterocycles. The number of halogens is 1. The largest absolute Gasteiger partial charge is 0.382 e. The second kappa shape index (κ2) is 4.59. The maximum Gasteiger partial charge on any atom is 0.124 e. The van der Waals surface area contributed by atoms with E-state index in [1.54, 1.807) is 10.7 Å². The van der Waals surface area contributed by atoms with Crippen LogP contribution in [0.2, 0.25) is 5.02 Å². The van der Waals surface area contributed by atoms with E-state index in [1.165, 1.54) is 18.6 Å². The highest BCUT2D eigenvalue weighted by molar-refractivity contribution is 6.31. The summed E-state index contributed by atoms with van der Waals surface area (Å²) in [5.74, 6) is 0. The Morgan fingerprint density at radius 2 is 2.25 bits per heavy atom. The highest BCUT2D eigenvalue weighted by atomic mass is 35.5. The van der Waals surface area contributed by atoms with Crippen LogP contribution < -0.4 is 0 Å². The van der Waals surface area contributed by atoms with Crippen LogP contribution in [0, 0.1) is 0 Å². The lowest BCUT2D eigenvalue weighted by Gasteiger charge is -2.12. The fourth-order valence-electron chi connectivity index (χ4n) is 1.52. The van der Waals surface area contributed by atoms with Gasteiger partial charge in [-0.3, -0.25) is 4.68 Å². The van der Waals surface area contributed by atoms with Crippen molar-refractivity contribution in [2.24, 2.45) is 0 Å². The minimum Gasteiger partial charge on any atom is -0.382 e. The van der Waals surface area contributed by atoms with Crippen molar-refractivity contribution in [2.45, 2.75) is 19.6 Å². The summed E-state index contributed by atoms with van der Waals surface area (Å²) in [5.41, 5.74) is 1.23. The molecule has 2 rings (SSSR count). The second-order valence-corrected chi connectivity index (χ2v) is 3.68. The average Bonchev–Trinajstić information content (AvgIpc) is 2.70. The van der Waals surface area contributed by atoms with Crippen LogP contribution in [-0.2, 0) is 6.54 Å². The smallest absolute Gasteiger partial charge is 0.124 e. The van der Waals surface area contributed by atoms with E-state index >= 15 is 0 Å². The van der Waals surface area contributed by atoms with Crippen LogP contribution in [-0.4, -0.2) is 25.1 Å². The summed E-state index contributed by atoms with van der Waals surface area (Å²) in [7, 11) is 0. The van der Waals surface area contributed by atoms with Crippen LogP contribution in [0.3, 0.4) is 0 Å². The molecule has 0 aromatic carbocycles. The van der Waals surface area contributed by atoms with Crippen molar-refractivity contribution in [3.8, 4) is 0 Å². The molecule has 0 saturated carbocycles. The van der Waals surface area contributed by atoms with Crippen LogP contribution in [0.5, 0.6) is 0 Å². The number of hydrogen-bond donors (Lipinski definition) is 1. The number of rotatable bonds is 3. The van der Waals surface area contributed by atoms with Gasteiger partial charge in [-0.2, -0.15) is 15.3 Å². The number of aryl methyl sites for hydroxylation is 1. The van der Waals surface area contributed by atoms with Gasteiger partial charge in [0, 0.05) is 18.3 Å². The molecule has 6 heteroatoms.